The quantitative estimate of drug-likeness (QED) is 0.882. The summed E-state index contributed by atoms with van der Waals surface area (Å²) in [6, 6.07) is 3.81. The summed E-state index contributed by atoms with van der Waals surface area (Å²) in [5.41, 5.74) is -0.375. The molecule has 1 saturated carbocycles. The van der Waals surface area contributed by atoms with Gasteiger partial charge in [-0.1, -0.05) is 12.8 Å². The van der Waals surface area contributed by atoms with Gasteiger partial charge < -0.3 is 10.4 Å². The van der Waals surface area contributed by atoms with Gasteiger partial charge in [-0.25, -0.2) is 4.39 Å². The maximum Gasteiger partial charge on any atom is 0.305 e. The van der Waals surface area contributed by atoms with Crippen molar-refractivity contribution in [2.45, 2.75) is 37.6 Å². The molecule has 6 heteroatoms. The lowest BCUT2D eigenvalue weighted by molar-refractivity contribution is -0.138. The second kappa shape index (κ2) is 5.91. The Morgan fingerprint density at radius 2 is 2.00 bits per heavy atom. The Balaban J connectivity index is 2.18. The molecule has 1 aliphatic rings. The predicted molar refractivity (Wildman–Crippen MR) is 75.0 cm³/mol. The molecule has 2 N–H and O–H groups in total. The van der Waals surface area contributed by atoms with Crippen LogP contribution in [-0.4, -0.2) is 22.5 Å². The van der Waals surface area contributed by atoms with E-state index in [0.29, 0.717) is 22.9 Å². The maximum atomic E-state index is 13.0. The van der Waals surface area contributed by atoms with E-state index in [-0.39, 0.29) is 12.3 Å². The molecule has 0 saturated heterocycles. The predicted octanol–water partition coefficient (Wildman–Crippen LogP) is 3.11. The summed E-state index contributed by atoms with van der Waals surface area (Å²) in [4.78, 5) is 23.2. The van der Waals surface area contributed by atoms with Gasteiger partial charge in [0.15, 0.2) is 0 Å². The number of carboxylic acids is 1. The smallest absolute Gasteiger partial charge is 0.305 e. The first-order chi connectivity index (χ1) is 9.42. The first kappa shape index (κ1) is 15.0. The summed E-state index contributed by atoms with van der Waals surface area (Å²) < 4.78 is 13.4. The van der Waals surface area contributed by atoms with Crippen LogP contribution in [0.5, 0.6) is 0 Å². The van der Waals surface area contributed by atoms with E-state index in [1.807, 2.05) is 0 Å². The number of amides is 1. The van der Waals surface area contributed by atoms with Crippen molar-refractivity contribution < 1.29 is 19.1 Å². The van der Waals surface area contributed by atoms with Crippen LogP contribution in [0, 0.1) is 5.82 Å². The van der Waals surface area contributed by atoms with E-state index in [1.54, 1.807) is 0 Å². The summed E-state index contributed by atoms with van der Waals surface area (Å²) >= 11 is 3.15. The van der Waals surface area contributed by atoms with Crippen LogP contribution in [0.25, 0.3) is 0 Å². The van der Waals surface area contributed by atoms with Gasteiger partial charge in [-0.05, 0) is 47.0 Å². The van der Waals surface area contributed by atoms with Gasteiger partial charge >= 0.3 is 5.97 Å². The molecular formula is C14H15BrFNO3. The fourth-order valence-electron chi connectivity index (χ4n) is 2.67. The summed E-state index contributed by atoms with van der Waals surface area (Å²) in [5, 5.41) is 11.8. The van der Waals surface area contributed by atoms with Gasteiger partial charge in [-0.3, -0.25) is 9.59 Å². The lowest BCUT2D eigenvalue weighted by Crippen LogP contribution is -2.47. The molecule has 1 aromatic rings. The molecule has 1 fully saturated rings. The molecular weight excluding hydrogens is 329 g/mol. The highest BCUT2D eigenvalue weighted by molar-refractivity contribution is 9.10. The SMILES string of the molecule is O=C(O)CC1(NC(=O)c2ccc(F)cc2Br)CCCC1. The number of carbonyl (C=O) groups excluding carboxylic acids is 1. The van der Waals surface area contributed by atoms with Gasteiger partial charge in [0.2, 0.25) is 0 Å². The van der Waals surface area contributed by atoms with E-state index in [1.165, 1.54) is 18.2 Å². The minimum atomic E-state index is -0.926. The summed E-state index contributed by atoms with van der Waals surface area (Å²) in [5.74, 6) is -1.74. The average Bonchev–Trinajstić information content (AvgIpc) is 2.75. The monoisotopic (exact) mass is 343 g/mol. The van der Waals surface area contributed by atoms with E-state index in [4.69, 9.17) is 5.11 Å². The zero-order valence-corrected chi connectivity index (χ0v) is 12.4. The summed E-state index contributed by atoms with van der Waals surface area (Å²) in [7, 11) is 0. The normalized spacial score (nSPS) is 16.9. The first-order valence-corrected chi connectivity index (χ1v) is 7.21. The van der Waals surface area contributed by atoms with Crippen LogP contribution in [0.2, 0.25) is 0 Å². The van der Waals surface area contributed by atoms with Crippen LogP contribution in [0.1, 0.15) is 42.5 Å². The number of carbonyl (C=O) groups is 2. The molecule has 0 radical (unpaired) electrons. The van der Waals surface area contributed by atoms with Crippen molar-refractivity contribution in [1.82, 2.24) is 5.32 Å². The van der Waals surface area contributed by atoms with Crippen molar-refractivity contribution >= 4 is 27.8 Å². The topological polar surface area (TPSA) is 66.4 Å². The third kappa shape index (κ3) is 3.36. The van der Waals surface area contributed by atoms with Crippen molar-refractivity contribution in [1.29, 1.82) is 0 Å². The van der Waals surface area contributed by atoms with Crippen LogP contribution in [0.4, 0.5) is 4.39 Å². The minimum absolute atomic E-state index is 0.0858. The average molecular weight is 344 g/mol. The number of nitrogens with one attached hydrogen (secondary N) is 1. The highest BCUT2D eigenvalue weighted by Gasteiger charge is 2.37. The number of aliphatic carboxylic acids is 1. The number of rotatable bonds is 4. The van der Waals surface area contributed by atoms with Gasteiger partial charge in [0.25, 0.3) is 5.91 Å². The van der Waals surface area contributed by atoms with E-state index in [2.05, 4.69) is 21.2 Å². The zero-order valence-electron chi connectivity index (χ0n) is 10.8. The third-order valence-corrected chi connectivity index (χ3v) is 4.26. The molecule has 1 amide bonds. The van der Waals surface area contributed by atoms with Crippen LogP contribution in [0.15, 0.2) is 22.7 Å². The fourth-order valence-corrected chi connectivity index (χ4v) is 3.20. The lowest BCUT2D eigenvalue weighted by Gasteiger charge is -2.28. The Hall–Kier alpha value is -1.43. The van der Waals surface area contributed by atoms with Crippen molar-refractivity contribution in [2.75, 3.05) is 0 Å². The van der Waals surface area contributed by atoms with Crippen LogP contribution in [-0.2, 0) is 4.79 Å². The number of carboxylic acid groups (broad SMARTS) is 1. The number of hydrogen-bond donors (Lipinski definition) is 2. The first-order valence-electron chi connectivity index (χ1n) is 6.41. The molecule has 0 aromatic heterocycles. The molecule has 0 spiro atoms. The third-order valence-electron chi connectivity index (χ3n) is 3.60. The van der Waals surface area contributed by atoms with Gasteiger partial charge in [-0.2, -0.15) is 0 Å². The van der Waals surface area contributed by atoms with Gasteiger partial charge in [0.05, 0.1) is 17.5 Å². The Bertz CT molecular complexity index is 541. The number of halogens is 2. The molecule has 4 nitrogen and oxygen atoms in total. The van der Waals surface area contributed by atoms with E-state index in [9.17, 15) is 14.0 Å². The molecule has 0 aliphatic heterocycles. The Labute approximate surface area is 124 Å². The van der Waals surface area contributed by atoms with Crippen molar-refractivity contribution in [3.05, 3.63) is 34.1 Å². The van der Waals surface area contributed by atoms with Crippen molar-refractivity contribution in [2.24, 2.45) is 0 Å². The van der Waals surface area contributed by atoms with E-state index < -0.39 is 17.3 Å². The second-order valence-corrected chi connectivity index (χ2v) is 5.99. The fraction of sp³-hybridized carbons (Fsp3) is 0.429. The molecule has 20 heavy (non-hydrogen) atoms. The highest BCUT2D eigenvalue weighted by Crippen LogP contribution is 2.33. The molecule has 1 aromatic carbocycles. The molecule has 2 rings (SSSR count). The van der Waals surface area contributed by atoms with Crippen molar-refractivity contribution in [3.8, 4) is 0 Å². The number of benzene rings is 1. The van der Waals surface area contributed by atoms with E-state index in [0.717, 1.165) is 12.8 Å². The molecule has 108 valence electrons. The Morgan fingerprint density at radius 1 is 1.35 bits per heavy atom. The van der Waals surface area contributed by atoms with Crippen LogP contribution >= 0.6 is 15.9 Å². The molecule has 0 bridgehead atoms. The second-order valence-electron chi connectivity index (χ2n) is 5.14. The molecule has 1 aliphatic carbocycles. The van der Waals surface area contributed by atoms with Crippen LogP contribution in [0.3, 0.4) is 0 Å². The summed E-state index contributed by atoms with van der Waals surface area (Å²) in [6.07, 6.45) is 3.03. The largest absolute Gasteiger partial charge is 0.481 e. The van der Waals surface area contributed by atoms with Gasteiger partial charge in [0.1, 0.15) is 5.82 Å². The Morgan fingerprint density at radius 3 is 2.55 bits per heavy atom. The van der Waals surface area contributed by atoms with Crippen molar-refractivity contribution in [3.63, 3.8) is 0 Å². The lowest BCUT2D eigenvalue weighted by atomic mass is 9.92. The summed E-state index contributed by atoms with van der Waals surface area (Å²) in [6.45, 7) is 0. The number of hydrogen-bond acceptors (Lipinski definition) is 2. The minimum Gasteiger partial charge on any atom is -0.481 e. The highest BCUT2D eigenvalue weighted by atomic mass is 79.9. The Kier molecular flexibility index (Phi) is 4.42. The van der Waals surface area contributed by atoms with Crippen LogP contribution < -0.4 is 5.32 Å². The zero-order chi connectivity index (χ0) is 14.8. The van der Waals surface area contributed by atoms with Gasteiger partial charge in [0, 0.05) is 4.47 Å². The van der Waals surface area contributed by atoms with E-state index >= 15 is 0 Å². The standard InChI is InChI=1S/C14H15BrFNO3/c15-11-7-9(16)3-4-10(11)13(20)17-14(8-12(18)19)5-1-2-6-14/h3-4,7H,1-2,5-6,8H2,(H,17,20)(H,18,19). The molecule has 0 heterocycles. The van der Waals surface area contributed by atoms with Gasteiger partial charge in [-0.15, -0.1) is 0 Å². The molecule has 0 unspecified atom stereocenters. The molecule has 0 atom stereocenters. The maximum absolute atomic E-state index is 13.0.